The highest BCUT2D eigenvalue weighted by molar-refractivity contribution is 5.83. The number of halogens is 3. The van der Waals surface area contributed by atoms with E-state index < -0.39 is 12.4 Å². The van der Waals surface area contributed by atoms with Crippen LogP contribution in [0.5, 0.6) is 5.75 Å². The van der Waals surface area contributed by atoms with Gasteiger partial charge in [-0.3, -0.25) is 19.4 Å². The number of likely N-dealkylation sites (N-methyl/N-ethyl adjacent to an activating group) is 1. The van der Waals surface area contributed by atoms with E-state index in [1.165, 1.54) is 25.3 Å². The molecule has 7 nitrogen and oxygen atoms in total. The van der Waals surface area contributed by atoms with Crippen molar-refractivity contribution in [1.29, 1.82) is 0 Å². The van der Waals surface area contributed by atoms with E-state index in [9.17, 15) is 22.8 Å². The Morgan fingerprint density at radius 2 is 2.10 bits per heavy atom. The number of esters is 1. The maximum Gasteiger partial charge on any atom is 0.573 e. The zero-order valence-electron chi connectivity index (χ0n) is 16.9. The number of alkyl halides is 3. The second-order valence-electron chi connectivity index (χ2n) is 7.65. The van der Waals surface area contributed by atoms with Gasteiger partial charge in [-0.2, -0.15) is 0 Å². The fourth-order valence-electron chi connectivity index (χ4n) is 4.29. The lowest BCUT2D eigenvalue weighted by Gasteiger charge is -2.33. The number of benzene rings is 1. The van der Waals surface area contributed by atoms with Gasteiger partial charge in [0.15, 0.2) is 0 Å². The third kappa shape index (κ3) is 5.42. The fourth-order valence-corrected chi connectivity index (χ4v) is 4.29. The summed E-state index contributed by atoms with van der Waals surface area (Å²) >= 11 is 0. The third-order valence-corrected chi connectivity index (χ3v) is 5.78. The summed E-state index contributed by atoms with van der Waals surface area (Å²) in [6.07, 6.45) is -3.15. The first kappa shape index (κ1) is 22.4. The number of carbonyl (C=O) groups excluding carboxylic acids is 2. The second kappa shape index (κ2) is 9.22. The predicted octanol–water partition coefficient (Wildman–Crippen LogP) is 1.91. The van der Waals surface area contributed by atoms with E-state index in [2.05, 4.69) is 15.0 Å². The van der Waals surface area contributed by atoms with Gasteiger partial charge >= 0.3 is 12.3 Å². The van der Waals surface area contributed by atoms with Crippen LogP contribution in [0.2, 0.25) is 0 Å². The smallest absolute Gasteiger partial charge is 0.469 e. The summed E-state index contributed by atoms with van der Waals surface area (Å²) in [7, 11) is 3.29. The van der Waals surface area contributed by atoms with E-state index in [4.69, 9.17) is 4.74 Å². The van der Waals surface area contributed by atoms with Crippen molar-refractivity contribution < 1.29 is 32.2 Å². The normalized spacial score (nSPS) is 25.4. The Morgan fingerprint density at radius 1 is 1.33 bits per heavy atom. The minimum Gasteiger partial charge on any atom is -0.469 e. The number of methoxy groups -OCH3 is 1. The Labute approximate surface area is 173 Å². The van der Waals surface area contributed by atoms with Gasteiger partial charge in [-0.25, -0.2) is 0 Å². The Hall–Kier alpha value is -2.33. The van der Waals surface area contributed by atoms with Gasteiger partial charge in [0.05, 0.1) is 7.11 Å². The summed E-state index contributed by atoms with van der Waals surface area (Å²) in [4.78, 5) is 28.4. The molecule has 0 bridgehead atoms. The molecule has 1 aromatic carbocycles. The summed E-state index contributed by atoms with van der Waals surface area (Å²) in [5, 5.41) is 2.95. The van der Waals surface area contributed by atoms with Crippen LogP contribution in [0.25, 0.3) is 0 Å². The van der Waals surface area contributed by atoms with Gasteiger partial charge in [0.1, 0.15) is 11.8 Å². The minimum atomic E-state index is -4.75. The van der Waals surface area contributed by atoms with E-state index in [-0.39, 0.29) is 36.1 Å². The molecule has 2 heterocycles. The highest BCUT2D eigenvalue weighted by Crippen LogP contribution is 2.30. The number of likely N-dealkylation sites (tertiary alicyclic amines) is 1. The van der Waals surface area contributed by atoms with E-state index in [1.807, 2.05) is 11.9 Å². The largest absolute Gasteiger partial charge is 0.573 e. The molecule has 3 atom stereocenters. The lowest BCUT2D eigenvalue weighted by Crippen LogP contribution is -2.49. The standard InChI is InChI=1S/C20H26F3N3O4/c1-25-14(6-7-17(27)29-2)11-24-19(28)18-16(25)8-9-26(18)12-13-4-3-5-15(10-13)30-20(21,22)23/h3-5,10,14,16,18H,6-9,11-12H2,1-2H3,(H,24,28)/t14-,16-,18-/m0/s1. The van der Waals surface area contributed by atoms with Crippen molar-refractivity contribution in [3.63, 3.8) is 0 Å². The van der Waals surface area contributed by atoms with Crippen molar-refractivity contribution in [1.82, 2.24) is 15.1 Å². The molecule has 2 fully saturated rings. The van der Waals surface area contributed by atoms with Crippen molar-refractivity contribution in [3.8, 4) is 5.75 Å². The van der Waals surface area contributed by atoms with E-state index in [0.717, 1.165) is 6.42 Å². The Kier molecular flexibility index (Phi) is 6.87. The number of hydrogen-bond donors (Lipinski definition) is 1. The number of rotatable bonds is 6. The van der Waals surface area contributed by atoms with Gasteiger partial charge in [0, 0.05) is 38.1 Å². The lowest BCUT2D eigenvalue weighted by atomic mass is 10.0. The van der Waals surface area contributed by atoms with Crippen LogP contribution in [0, 0.1) is 0 Å². The average Bonchev–Trinajstić information content (AvgIpc) is 3.04. The summed E-state index contributed by atoms with van der Waals surface area (Å²) < 4.78 is 46.2. The molecule has 1 amide bonds. The summed E-state index contributed by atoms with van der Waals surface area (Å²) in [5.74, 6) is -0.668. The van der Waals surface area contributed by atoms with Crippen LogP contribution in [0.1, 0.15) is 24.8 Å². The van der Waals surface area contributed by atoms with Crippen LogP contribution in [0.4, 0.5) is 13.2 Å². The van der Waals surface area contributed by atoms with E-state index >= 15 is 0 Å². The number of hydrogen-bond acceptors (Lipinski definition) is 6. The lowest BCUT2D eigenvalue weighted by molar-refractivity contribution is -0.274. The van der Waals surface area contributed by atoms with Crippen LogP contribution >= 0.6 is 0 Å². The van der Waals surface area contributed by atoms with Gasteiger partial charge in [-0.1, -0.05) is 12.1 Å². The van der Waals surface area contributed by atoms with Gasteiger partial charge in [0.25, 0.3) is 0 Å². The van der Waals surface area contributed by atoms with Crippen LogP contribution in [-0.4, -0.2) is 73.4 Å². The van der Waals surface area contributed by atoms with Crippen molar-refractivity contribution in [2.45, 2.75) is 50.3 Å². The molecule has 0 radical (unpaired) electrons. The zero-order valence-corrected chi connectivity index (χ0v) is 16.9. The first-order valence-electron chi connectivity index (χ1n) is 9.83. The van der Waals surface area contributed by atoms with Crippen LogP contribution < -0.4 is 10.1 Å². The summed E-state index contributed by atoms with van der Waals surface area (Å²) in [5.41, 5.74) is 0.638. The molecular formula is C20H26F3N3O4. The third-order valence-electron chi connectivity index (χ3n) is 5.78. The zero-order chi connectivity index (χ0) is 21.9. The molecule has 0 aliphatic carbocycles. The number of ether oxygens (including phenoxy) is 2. The monoisotopic (exact) mass is 429 g/mol. The highest BCUT2D eigenvalue weighted by atomic mass is 19.4. The Morgan fingerprint density at radius 3 is 2.80 bits per heavy atom. The summed E-state index contributed by atoms with van der Waals surface area (Å²) in [6, 6.07) is 5.38. The molecular weight excluding hydrogens is 403 g/mol. The van der Waals surface area contributed by atoms with Crippen LogP contribution in [0.3, 0.4) is 0 Å². The molecule has 0 spiro atoms. The molecule has 0 aromatic heterocycles. The first-order valence-corrected chi connectivity index (χ1v) is 9.83. The molecule has 166 valence electrons. The van der Waals surface area contributed by atoms with Crippen molar-refractivity contribution >= 4 is 11.9 Å². The molecule has 0 unspecified atom stereocenters. The number of carbonyl (C=O) groups is 2. The SMILES string of the molecule is COC(=O)CC[C@H]1CNC(=O)[C@@H]2[C@H](CCN2Cc2cccc(OC(F)(F)F)c2)N1C. The molecule has 2 aliphatic rings. The van der Waals surface area contributed by atoms with Gasteiger partial charge in [-0.05, 0) is 37.6 Å². The van der Waals surface area contributed by atoms with Crippen molar-refractivity contribution in [2.75, 3.05) is 27.2 Å². The molecule has 2 aliphatic heterocycles. The summed E-state index contributed by atoms with van der Waals surface area (Å²) in [6.45, 7) is 1.41. The molecule has 30 heavy (non-hydrogen) atoms. The Bertz CT molecular complexity index is 774. The maximum atomic E-state index is 12.8. The maximum absolute atomic E-state index is 12.8. The minimum absolute atomic E-state index is 0.00603. The highest BCUT2D eigenvalue weighted by Gasteiger charge is 2.45. The van der Waals surface area contributed by atoms with Gasteiger partial charge in [-0.15, -0.1) is 13.2 Å². The fraction of sp³-hybridized carbons (Fsp3) is 0.600. The van der Waals surface area contributed by atoms with Gasteiger partial charge in [0.2, 0.25) is 5.91 Å². The van der Waals surface area contributed by atoms with Crippen molar-refractivity contribution in [3.05, 3.63) is 29.8 Å². The predicted molar refractivity (Wildman–Crippen MR) is 102 cm³/mol. The molecule has 1 aromatic rings. The topological polar surface area (TPSA) is 71.1 Å². The number of nitrogens with zero attached hydrogens (tertiary/aromatic N) is 2. The number of nitrogens with one attached hydrogen (secondary N) is 1. The van der Waals surface area contributed by atoms with E-state index in [0.29, 0.717) is 31.6 Å². The first-order chi connectivity index (χ1) is 14.2. The molecule has 2 saturated heterocycles. The van der Waals surface area contributed by atoms with Gasteiger partial charge < -0.3 is 14.8 Å². The average molecular weight is 429 g/mol. The van der Waals surface area contributed by atoms with Crippen molar-refractivity contribution in [2.24, 2.45) is 0 Å². The van der Waals surface area contributed by atoms with Crippen LogP contribution in [0.15, 0.2) is 24.3 Å². The molecule has 3 rings (SSSR count). The number of amides is 1. The molecule has 0 saturated carbocycles. The van der Waals surface area contributed by atoms with E-state index in [1.54, 1.807) is 6.07 Å². The Balaban J connectivity index is 1.69. The second-order valence-corrected chi connectivity index (χ2v) is 7.65. The van der Waals surface area contributed by atoms with Crippen LogP contribution in [-0.2, 0) is 20.9 Å². The number of fused-ring (bicyclic) bond motifs is 1. The quantitative estimate of drug-likeness (QED) is 0.697. The molecule has 10 heteroatoms. The molecule has 1 N–H and O–H groups in total.